The molecule has 0 bridgehead atoms. The Morgan fingerprint density at radius 2 is 2.29 bits per heavy atom. The lowest BCUT2D eigenvalue weighted by Gasteiger charge is -2.21. The largest absolute Gasteiger partial charge is 0.466 e. The van der Waals surface area contributed by atoms with Gasteiger partial charge >= 0.3 is 5.97 Å². The van der Waals surface area contributed by atoms with Crippen molar-refractivity contribution in [3.63, 3.8) is 0 Å². The van der Waals surface area contributed by atoms with Crippen LogP contribution in [0.1, 0.15) is 32.6 Å². The first-order valence-electron chi connectivity index (χ1n) is 5.23. The van der Waals surface area contributed by atoms with E-state index in [1.807, 2.05) is 6.08 Å². The summed E-state index contributed by atoms with van der Waals surface area (Å²) in [5, 5.41) is 0. The number of allylic oxidation sites excluding steroid dienone is 3. The van der Waals surface area contributed by atoms with Gasteiger partial charge in [0.05, 0.1) is 7.11 Å². The molecular formula is C12H16O2. The molecule has 0 spiro atoms. The molecule has 76 valence electrons. The summed E-state index contributed by atoms with van der Waals surface area (Å²) in [5.41, 5.74) is 3.91. The number of carbonyl (C=O) groups is 1. The highest BCUT2D eigenvalue weighted by Gasteiger charge is 2.28. The van der Waals surface area contributed by atoms with Crippen molar-refractivity contribution in [1.82, 2.24) is 0 Å². The van der Waals surface area contributed by atoms with Crippen LogP contribution in [0.3, 0.4) is 0 Å². The molecule has 0 N–H and O–H groups in total. The van der Waals surface area contributed by atoms with E-state index in [0.717, 1.165) is 12.0 Å². The molecule has 14 heavy (non-hydrogen) atoms. The van der Waals surface area contributed by atoms with Crippen molar-refractivity contribution in [3.8, 4) is 0 Å². The Hall–Kier alpha value is -1.05. The summed E-state index contributed by atoms with van der Waals surface area (Å²) in [6, 6.07) is 0. The topological polar surface area (TPSA) is 26.3 Å². The average molecular weight is 192 g/mol. The SMILES string of the molecule is COC(=O)C1=CCC2=C(CCC2)C1C. The first kappa shape index (κ1) is 9.50. The predicted octanol–water partition coefficient (Wildman–Crippen LogP) is 2.61. The Bertz CT molecular complexity index is 323. The van der Waals surface area contributed by atoms with E-state index in [0.29, 0.717) is 0 Å². The predicted molar refractivity (Wildman–Crippen MR) is 54.8 cm³/mol. The molecule has 0 saturated carbocycles. The molecule has 0 aromatic rings. The van der Waals surface area contributed by atoms with Crippen molar-refractivity contribution in [2.75, 3.05) is 7.11 Å². The summed E-state index contributed by atoms with van der Waals surface area (Å²) >= 11 is 0. The van der Waals surface area contributed by atoms with Crippen LogP contribution in [0.5, 0.6) is 0 Å². The van der Waals surface area contributed by atoms with E-state index in [1.54, 1.807) is 5.57 Å². The van der Waals surface area contributed by atoms with Gasteiger partial charge in [0.25, 0.3) is 0 Å². The minimum atomic E-state index is -0.157. The van der Waals surface area contributed by atoms with E-state index in [1.165, 1.54) is 31.9 Å². The second-order valence-electron chi connectivity index (χ2n) is 4.06. The van der Waals surface area contributed by atoms with Crippen LogP contribution in [0.15, 0.2) is 22.8 Å². The monoisotopic (exact) mass is 192 g/mol. The van der Waals surface area contributed by atoms with Crippen molar-refractivity contribution >= 4 is 5.97 Å². The second kappa shape index (κ2) is 3.60. The third-order valence-corrected chi connectivity index (χ3v) is 3.36. The van der Waals surface area contributed by atoms with Gasteiger partial charge in [-0.2, -0.15) is 0 Å². The van der Waals surface area contributed by atoms with Crippen LogP contribution in [0.2, 0.25) is 0 Å². The Morgan fingerprint density at radius 1 is 1.50 bits per heavy atom. The molecule has 2 nitrogen and oxygen atoms in total. The molecule has 2 rings (SSSR count). The van der Waals surface area contributed by atoms with E-state index < -0.39 is 0 Å². The van der Waals surface area contributed by atoms with Crippen LogP contribution < -0.4 is 0 Å². The van der Waals surface area contributed by atoms with Crippen molar-refractivity contribution in [2.45, 2.75) is 32.6 Å². The molecule has 2 aliphatic carbocycles. The van der Waals surface area contributed by atoms with Gasteiger partial charge in [0.1, 0.15) is 0 Å². The van der Waals surface area contributed by atoms with E-state index in [2.05, 4.69) is 6.92 Å². The lowest BCUT2D eigenvalue weighted by molar-refractivity contribution is -0.136. The summed E-state index contributed by atoms with van der Waals surface area (Å²) in [5.74, 6) is 0.129. The van der Waals surface area contributed by atoms with Gasteiger partial charge in [0.2, 0.25) is 0 Å². The molecule has 1 atom stereocenters. The molecule has 0 aromatic carbocycles. The Labute approximate surface area is 84.6 Å². The van der Waals surface area contributed by atoms with Gasteiger partial charge in [-0.25, -0.2) is 4.79 Å². The Balaban J connectivity index is 2.21. The van der Waals surface area contributed by atoms with Crippen molar-refractivity contribution < 1.29 is 9.53 Å². The van der Waals surface area contributed by atoms with Gasteiger partial charge in [-0.15, -0.1) is 0 Å². The summed E-state index contributed by atoms with van der Waals surface area (Å²) in [4.78, 5) is 11.5. The standard InChI is InChI=1S/C12H16O2/c1-8-10-5-3-4-9(10)6-7-11(8)12(13)14-2/h7-8H,3-6H2,1-2H3. The van der Waals surface area contributed by atoms with Crippen LogP contribution in [-0.4, -0.2) is 13.1 Å². The maximum absolute atomic E-state index is 11.5. The Kier molecular flexibility index (Phi) is 2.44. The molecule has 0 aliphatic heterocycles. The molecule has 0 saturated heterocycles. The number of rotatable bonds is 1. The van der Waals surface area contributed by atoms with Crippen LogP contribution >= 0.6 is 0 Å². The lowest BCUT2D eigenvalue weighted by atomic mass is 9.84. The fraction of sp³-hybridized carbons (Fsp3) is 0.583. The van der Waals surface area contributed by atoms with Crippen LogP contribution in [0, 0.1) is 5.92 Å². The number of ether oxygens (including phenoxy) is 1. The van der Waals surface area contributed by atoms with Crippen LogP contribution in [-0.2, 0) is 9.53 Å². The smallest absolute Gasteiger partial charge is 0.334 e. The lowest BCUT2D eigenvalue weighted by Crippen LogP contribution is -2.17. The molecule has 0 heterocycles. The number of methoxy groups -OCH3 is 1. The molecule has 2 heteroatoms. The number of hydrogen-bond acceptors (Lipinski definition) is 2. The number of esters is 1. The third kappa shape index (κ3) is 1.39. The zero-order valence-electron chi connectivity index (χ0n) is 8.80. The summed E-state index contributed by atoms with van der Waals surface area (Å²) < 4.78 is 4.78. The van der Waals surface area contributed by atoms with E-state index in [9.17, 15) is 4.79 Å². The summed E-state index contributed by atoms with van der Waals surface area (Å²) in [7, 11) is 1.45. The van der Waals surface area contributed by atoms with Crippen molar-refractivity contribution in [3.05, 3.63) is 22.8 Å². The first-order chi connectivity index (χ1) is 6.74. The number of hydrogen-bond donors (Lipinski definition) is 0. The quantitative estimate of drug-likeness (QED) is 0.471. The highest BCUT2D eigenvalue weighted by atomic mass is 16.5. The number of carbonyl (C=O) groups excluding carboxylic acids is 1. The third-order valence-electron chi connectivity index (χ3n) is 3.36. The maximum Gasteiger partial charge on any atom is 0.334 e. The van der Waals surface area contributed by atoms with Crippen molar-refractivity contribution in [1.29, 1.82) is 0 Å². The highest BCUT2D eigenvalue weighted by Crippen LogP contribution is 2.40. The van der Waals surface area contributed by atoms with Gasteiger partial charge in [-0.3, -0.25) is 0 Å². The molecule has 2 aliphatic rings. The summed E-state index contributed by atoms with van der Waals surface area (Å²) in [6.07, 6.45) is 6.66. The van der Waals surface area contributed by atoms with E-state index in [-0.39, 0.29) is 11.9 Å². The molecule has 0 aromatic heterocycles. The molecule has 1 unspecified atom stereocenters. The average Bonchev–Trinajstić information content (AvgIpc) is 2.66. The second-order valence-corrected chi connectivity index (χ2v) is 4.06. The normalized spacial score (nSPS) is 25.9. The van der Waals surface area contributed by atoms with Gasteiger partial charge in [-0.1, -0.05) is 24.1 Å². The molecular weight excluding hydrogens is 176 g/mol. The van der Waals surface area contributed by atoms with Gasteiger partial charge in [0, 0.05) is 11.5 Å². The van der Waals surface area contributed by atoms with E-state index >= 15 is 0 Å². The van der Waals surface area contributed by atoms with Gasteiger partial charge in [0.15, 0.2) is 0 Å². The molecule has 0 radical (unpaired) electrons. The molecule has 0 fully saturated rings. The minimum Gasteiger partial charge on any atom is -0.466 e. The zero-order chi connectivity index (χ0) is 10.1. The first-order valence-corrected chi connectivity index (χ1v) is 5.23. The van der Waals surface area contributed by atoms with Crippen molar-refractivity contribution in [2.24, 2.45) is 5.92 Å². The van der Waals surface area contributed by atoms with Gasteiger partial charge < -0.3 is 4.74 Å². The fourth-order valence-electron chi connectivity index (χ4n) is 2.56. The maximum atomic E-state index is 11.5. The fourth-order valence-corrected chi connectivity index (χ4v) is 2.56. The minimum absolute atomic E-state index is 0.157. The molecule has 0 amide bonds. The van der Waals surface area contributed by atoms with E-state index in [4.69, 9.17) is 4.74 Å². The van der Waals surface area contributed by atoms with Gasteiger partial charge in [-0.05, 0) is 25.7 Å². The zero-order valence-corrected chi connectivity index (χ0v) is 8.80. The Morgan fingerprint density at radius 3 is 3.00 bits per heavy atom. The van der Waals surface area contributed by atoms with Crippen LogP contribution in [0.4, 0.5) is 0 Å². The summed E-state index contributed by atoms with van der Waals surface area (Å²) in [6.45, 7) is 2.11. The highest BCUT2D eigenvalue weighted by molar-refractivity contribution is 5.90. The van der Waals surface area contributed by atoms with Crippen LogP contribution in [0.25, 0.3) is 0 Å².